The first-order valence-electron chi connectivity index (χ1n) is 5.75. The van der Waals surface area contributed by atoms with Gasteiger partial charge in [-0.05, 0) is 36.7 Å². The Morgan fingerprint density at radius 2 is 2.29 bits per heavy atom. The smallest absolute Gasteiger partial charge is 0.140 e. The van der Waals surface area contributed by atoms with E-state index in [1.807, 2.05) is 6.92 Å². The first kappa shape index (κ1) is 12.5. The second-order valence-electron chi connectivity index (χ2n) is 4.59. The highest BCUT2D eigenvalue weighted by Gasteiger charge is 2.28. The van der Waals surface area contributed by atoms with Gasteiger partial charge in [0.15, 0.2) is 0 Å². The first-order valence-corrected chi connectivity index (χ1v) is 6.13. The molecule has 0 saturated carbocycles. The van der Waals surface area contributed by atoms with Crippen LogP contribution in [0.15, 0.2) is 18.2 Å². The minimum Gasteiger partial charge on any atom is -0.316 e. The van der Waals surface area contributed by atoms with Gasteiger partial charge >= 0.3 is 0 Å². The molecule has 0 spiro atoms. The Balaban J connectivity index is 2.02. The Morgan fingerprint density at radius 1 is 1.59 bits per heavy atom. The van der Waals surface area contributed by atoms with Crippen LogP contribution in [0.5, 0.6) is 0 Å². The maximum Gasteiger partial charge on any atom is 0.140 e. The van der Waals surface area contributed by atoms with Crippen LogP contribution in [0.3, 0.4) is 0 Å². The maximum atomic E-state index is 12.9. The van der Waals surface area contributed by atoms with Crippen LogP contribution in [-0.4, -0.2) is 18.9 Å². The van der Waals surface area contributed by atoms with Crippen molar-refractivity contribution in [2.24, 2.45) is 11.8 Å². The highest BCUT2D eigenvalue weighted by molar-refractivity contribution is 6.31. The van der Waals surface area contributed by atoms with Crippen molar-refractivity contribution in [3.05, 3.63) is 34.6 Å². The highest BCUT2D eigenvalue weighted by atomic mass is 35.5. The average Bonchev–Trinajstić information content (AvgIpc) is 2.19. The molecule has 1 aliphatic rings. The van der Waals surface area contributed by atoms with Crippen LogP contribution in [0.4, 0.5) is 4.39 Å². The summed E-state index contributed by atoms with van der Waals surface area (Å²) in [6.45, 7) is 3.76. The summed E-state index contributed by atoms with van der Waals surface area (Å²) in [4.78, 5) is 12.0. The molecule has 2 rings (SSSR count). The Labute approximate surface area is 105 Å². The van der Waals surface area contributed by atoms with Gasteiger partial charge in [-0.3, -0.25) is 4.79 Å². The van der Waals surface area contributed by atoms with E-state index in [-0.39, 0.29) is 23.9 Å². The van der Waals surface area contributed by atoms with Crippen LogP contribution < -0.4 is 5.32 Å². The number of hydrogen-bond donors (Lipinski definition) is 1. The molecule has 4 heteroatoms. The standard InChI is InChI=1S/C13H15ClFNO/c1-8(10-6-16-7-10)13(17)4-9-2-3-11(15)5-12(9)14/h2-3,5,8,10,16H,4,6-7H2,1H3. The third-order valence-corrected chi connectivity index (χ3v) is 3.76. The monoisotopic (exact) mass is 255 g/mol. The van der Waals surface area contributed by atoms with E-state index in [2.05, 4.69) is 5.32 Å². The van der Waals surface area contributed by atoms with Crippen LogP contribution in [-0.2, 0) is 11.2 Å². The molecular weight excluding hydrogens is 241 g/mol. The van der Waals surface area contributed by atoms with Crippen LogP contribution in [0.2, 0.25) is 5.02 Å². The molecule has 1 heterocycles. The predicted molar refractivity (Wildman–Crippen MR) is 65.6 cm³/mol. The number of carbonyl (C=O) groups is 1. The number of rotatable bonds is 4. The fraction of sp³-hybridized carbons (Fsp3) is 0.462. The number of benzene rings is 1. The van der Waals surface area contributed by atoms with Gasteiger partial charge in [-0.1, -0.05) is 24.6 Å². The van der Waals surface area contributed by atoms with Gasteiger partial charge in [0, 0.05) is 17.4 Å². The van der Waals surface area contributed by atoms with E-state index in [0.717, 1.165) is 13.1 Å². The number of Topliss-reactive ketones (excluding diaryl/α,β-unsaturated/α-hetero) is 1. The predicted octanol–water partition coefficient (Wildman–Crippen LogP) is 2.45. The molecule has 1 unspecified atom stereocenters. The minimum atomic E-state index is -0.373. The van der Waals surface area contributed by atoms with E-state index in [0.29, 0.717) is 16.5 Å². The zero-order valence-corrected chi connectivity index (χ0v) is 10.4. The van der Waals surface area contributed by atoms with Crippen molar-refractivity contribution < 1.29 is 9.18 Å². The van der Waals surface area contributed by atoms with Crippen molar-refractivity contribution in [2.45, 2.75) is 13.3 Å². The molecule has 0 amide bonds. The molecule has 1 saturated heterocycles. The van der Waals surface area contributed by atoms with Crippen molar-refractivity contribution in [3.8, 4) is 0 Å². The highest BCUT2D eigenvalue weighted by Crippen LogP contribution is 2.22. The number of hydrogen-bond acceptors (Lipinski definition) is 2. The summed E-state index contributed by atoms with van der Waals surface area (Å²) < 4.78 is 12.9. The van der Waals surface area contributed by atoms with E-state index >= 15 is 0 Å². The lowest BCUT2D eigenvalue weighted by Crippen LogP contribution is -2.47. The fourth-order valence-electron chi connectivity index (χ4n) is 1.94. The molecule has 92 valence electrons. The first-order chi connectivity index (χ1) is 8.08. The summed E-state index contributed by atoms with van der Waals surface area (Å²) in [5, 5.41) is 3.48. The van der Waals surface area contributed by atoms with Gasteiger partial charge in [-0.15, -0.1) is 0 Å². The van der Waals surface area contributed by atoms with Gasteiger partial charge < -0.3 is 5.32 Å². The zero-order chi connectivity index (χ0) is 12.4. The minimum absolute atomic E-state index is 0.0392. The lowest BCUT2D eigenvalue weighted by molar-refractivity contribution is -0.123. The molecule has 1 N–H and O–H groups in total. The van der Waals surface area contributed by atoms with Crippen LogP contribution in [0.1, 0.15) is 12.5 Å². The maximum absolute atomic E-state index is 12.9. The zero-order valence-electron chi connectivity index (χ0n) is 9.67. The fourth-order valence-corrected chi connectivity index (χ4v) is 2.18. The summed E-state index contributed by atoms with van der Waals surface area (Å²) in [5.41, 5.74) is 0.706. The third-order valence-electron chi connectivity index (χ3n) is 3.41. The van der Waals surface area contributed by atoms with Crippen molar-refractivity contribution in [2.75, 3.05) is 13.1 Å². The summed E-state index contributed by atoms with van der Waals surface area (Å²) in [7, 11) is 0. The van der Waals surface area contributed by atoms with Gasteiger partial charge in [-0.2, -0.15) is 0 Å². The Kier molecular flexibility index (Phi) is 3.79. The molecule has 0 aliphatic carbocycles. The van der Waals surface area contributed by atoms with Gasteiger partial charge in [0.1, 0.15) is 11.6 Å². The second-order valence-corrected chi connectivity index (χ2v) is 4.99. The van der Waals surface area contributed by atoms with E-state index in [1.165, 1.54) is 12.1 Å². The van der Waals surface area contributed by atoms with E-state index < -0.39 is 0 Å². The van der Waals surface area contributed by atoms with Crippen molar-refractivity contribution in [3.63, 3.8) is 0 Å². The molecule has 1 aromatic rings. The molecule has 0 aromatic heterocycles. The third kappa shape index (κ3) is 2.85. The summed E-state index contributed by atoms with van der Waals surface area (Å²) in [5.74, 6) is 0.270. The Hall–Kier alpha value is -0.930. The SMILES string of the molecule is CC(C(=O)Cc1ccc(F)cc1Cl)C1CNC1. The second kappa shape index (κ2) is 5.15. The van der Waals surface area contributed by atoms with Gasteiger partial charge in [0.05, 0.1) is 0 Å². The number of ketones is 1. The van der Waals surface area contributed by atoms with Gasteiger partial charge in [-0.25, -0.2) is 4.39 Å². The Morgan fingerprint density at radius 3 is 2.82 bits per heavy atom. The van der Waals surface area contributed by atoms with E-state index in [4.69, 9.17) is 11.6 Å². The average molecular weight is 256 g/mol. The van der Waals surface area contributed by atoms with Gasteiger partial charge in [0.25, 0.3) is 0 Å². The topological polar surface area (TPSA) is 29.1 Å². The molecule has 1 fully saturated rings. The lowest BCUT2D eigenvalue weighted by atomic mass is 9.84. The van der Waals surface area contributed by atoms with E-state index in [1.54, 1.807) is 6.07 Å². The van der Waals surface area contributed by atoms with Gasteiger partial charge in [0.2, 0.25) is 0 Å². The summed E-state index contributed by atoms with van der Waals surface area (Å²) in [6, 6.07) is 4.17. The van der Waals surface area contributed by atoms with Crippen LogP contribution >= 0.6 is 11.6 Å². The molecular formula is C13H15ClFNO. The molecule has 0 bridgehead atoms. The molecule has 1 aromatic carbocycles. The number of halogens is 2. The molecule has 17 heavy (non-hydrogen) atoms. The van der Waals surface area contributed by atoms with Crippen molar-refractivity contribution in [1.82, 2.24) is 5.32 Å². The molecule has 1 atom stereocenters. The van der Waals surface area contributed by atoms with Crippen LogP contribution in [0.25, 0.3) is 0 Å². The normalized spacial score (nSPS) is 17.6. The van der Waals surface area contributed by atoms with E-state index in [9.17, 15) is 9.18 Å². The lowest BCUT2D eigenvalue weighted by Gasteiger charge is -2.31. The Bertz CT molecular complexity index is 431. The van der Waals surface area contributed by atoms with Crippen molar-refractivity contribution in [1.29, 1.82) is 0 Å². The van der Waals surface area contributed by atoms with Crippen molar-refractivity contribution >= 4 is 17.4 Å². The molecule has 1 aliphatic heterocycles. The van der Waals surface area contributed by atoms with Crippen LogP contribution in [0, 0.1) is 17.7 Å². The quantitative estimate of drug-likeness (QED) is 0.896. The number of nitrogens with one attached hydrogen (secondary N) is 1. The summed E-state index contributed by atoms with van der Waals surface area (Å²) >= 11 is 5.90. The largest absolute Gasteiger partial charge is 0.316 e. The molecule has 2 nitrogen and oxygen atoms in total. The summed E-state index contributed by atoms with van der Waals surface area (Å²) in [6.07, 6.45) is 0.288. The number of carbonyl (C=O) groups excluding carboxylic acids is 1. The molecule has 0 radical (unpaired) electrons.